The Labute approximate surface area is 110 Å². The molecule has 0 aliphatic heterocycles. The summed E-state index contributed by atoms with van der Waals surface area (Å²) in [6.07, 6.45) is 3.28. The second kappa shape index (κ2) is 6.98. The molecular weight excluding hydrogens is 256 g/mol. The van der Waals surface area contributed by atoms with Gasteiger partial charge in [0.1, 0.15) is 9.88 Å². The summed E-state index contributed by atoms with van der Waals surface area (Å²) in [5.74, 6) is 0.125. The van der Waals surface area contributed by atoms with Crippen LogP contribution in [0.1, 0.15) is 26.7 Å². The van der Waals surface area contributed by atoms with Gasteiger partial charge in [0.15, 0.2) is 0 Å². The van der Waals surface area contributed by atoms with Crippen LogP contribution in [0.5, 0.6) is 0 Å². The van der Waals surface area contributed by atoms with Crippen molar-refractivity contribution in [1.29, 1.82) is 0 Å². The maximum atomic E-state index is 11.2. The van der Waals surface area contributed by atoms with Crippen LogP contribution in [0.4, 0.5) is 0 Å². The molecule has 0 saturated heterocycles. The van der Waals surface area contributed by atoms with E-state index >= 15 is 0 Å². The topological polar surface area (TPSA) is 62.2 Å². The third-order valence-electron chi connectivity index (χ3n) is 2.50. The molecular formula is C11H18N2O2S2. The number of nitrogens with zero attached hydrogens (tertiary/aromatic N) is 1. The minimum absolute atomic E-state index is 0.633. The molecule has 0 spiro atoms. The van der Waals surface area contributed by atoms with E-state index in [-0.39, 0.29) is 0 Å². The molecule has 1 heterocycles. The first kappa shape index (κ1) is 14.5. The highest BCUT2D eigenvalue weighted by molar-refractivity contribution is 8.00. The molecule has 6 heteroatoms. The van der Waals surface area contributed by atoms with Gasteiger partial charge in [0.25, 0.3) is 0 Å². The normalized spacial score (nSPS) is 14.5. The SMILES string of the molecule is CCNC(C)(CCCSc1nccs1)C(=O)O. The van der Waals surface area contributed by atoms with E-state index in [4.69, 9.17) is 5.11 Å². The van der Waals surface area contributed by atoms with Crippen molar-refractivity contribution in [3.63, 3.8) is 0 Å². The number of carboxylic acid groups (broad SMARTS) is 1. The van der Waals surface area contributed by atoms with E-state index in [1.807, 2.05) is 12.3 Å². The predicted molar refractivity (Wildman–Crippen MR) is 71.8 cm³/mol. The molecule has 2 N–H and O–H groups in total. The summed E-state index contributed by atoms with van der Waals surface area (Å²) in [6.45, 7) is 4.33. The standard InChI is InChI=1S/C11H18N2O2S2/c1-3-13-11(2,9(14)15)5-4-7-16-10-12-6-8-17-10/h6,8,13H,3-5,7H2,1-2H3,(H,14,15). The van der Waals surface area contributed by atoms with Crippen LogP contribution < -0.4 is 5.32 Å². The lowest BCUT2D eigenvalue weighted by Crippen LogP contribution is -2.49. The van der Waals surface area contributed by atoms with E-state index in [0.717, 1.165) is 16.5 Å². The number of likely N-dealkylation sites (N-methyl/N-ethyl adjacent to an activating group) is 1. The van der Waals surface area contributed by atoms with Gasteiger partial charge in [-0.25, -0.2) is 4.98 Å². The summed E-state index contributed by atoms with van der Waals surface area (Å²) in [6, 6.07) is 0. The Morgan fingerprint density at radius 3 is 3.00 bits per heavy atom. The van der Waals surface area contributed by atoms with Gasteiger partial charge in [-0.2, -0.15) is 0 Å². The molecule has 0 amide bonds. The molecule has 0 aromatic carbocycles. The summed E-state index contributed by atoms with van der Waals surface area (Å²) in [5, 5.41) is 14.1. The number of carbonyl (C=O) groups is 1. The molecule has 0 aliphatic carbocycles. The second-order valence-electron chi connectivity index (χ2n) is 3.92. The summed E-state index contributed by atoms with van der Waals surface area (Å²) in [4.78, 5) is 15.3. The van der Waals surface area contributed by atoms with Crippen LogP contribution in [-0.4, -0.2) is 33.9 Å². The van der Waals surface area contributed by atoms with Gasteiger partial charge in [0.2, 0.25) is 0 Å². The number of aliphatic carboxylic acids is 1. The number of rotatable bonds is 8. The van der Waals surface area contributed by atoms with E-state index < -0.39 is 11.5 Å². The van der Waals surface area contributed by atoms with E-state index in [1.54, 1.807) is 36.2 Å². The zero-order valence-electron chi connectivity index (χ0n) is 10.1. The number of hydrogen-bond donors (Lipinski definition) is 2. The van der Waals surface area contributed by atoms with Crippen molar-refractivity contribution in [3.8, 4) is 0 Å². The van der Waals surface area contributed by atoms with Gasteiger partial charge in [-0.05, 0) is 26.3 Å². The molecule has 1 aromatic heterocycles. The number of carboxylic acids is 1. The van der Waals surface area contributed by atoms with Gasteiger partial charge >= 0.3 is 5.97 Å². The third-order valence-corrected chi connectivity index (χ3v) is 4.55. The van der Waals surface area contributed by atoms with Gasteiger partial charge in [0, 0.05) is 17.3 Å². The highest BCUT2D eigenvalue weighted by atomic mass is 32.2. The molecule has 0 fully saturated rings. The van der Waals surface area contributed by atoms with Crippen molar-refractivity contribution in [1.82, 2.24) is 10.3 Å². The lowest BCUT2D eigenvalue weighted by atomic mass is 9.96. The Kier molecular flexibility index (Phi) is 5.94. The number of thioether (sulfide) groups is 1. The van der Waals surface area contributed by atoms with Crippen LogP contribution in [0, 0.1) is 0 Å². The maximum absolute atomic E-state index is 11.2. The van der Waals surface area contributed by atoms with Gasteiger partial charge in [0.05, 0.1) is 0 Å². The summed E-state index contributed by atoms with van der Waals surface area (Å²) in [7, 11) is 0. The predicted octanol–water partition coefficient (Wildman–Crippen LogP) is 2.47. The monoisotopic (exact) mass is 274 g/mol. The first-order valence-corrected chi connectivity index (χ1v) is 7.45. The molecule has 1 atom stereocenters. The summed E-state index contributed by atoms with van der Waals surface area (Å²) >= 11 is 3.30. The van der Waals surface area contributed by atoms with Crippen molar-refractivity contribution in [3.05, 3.63) is 11.6 Å². The molecule has 17 heavy (non-hydrogen) atoms. The van der Waals surface area contributed by atoms with E-state index in [1.165, 1.54) is 0 Å². The second-order valence-corrected chi connectivity index (χ2v) is 6.15. The lowest BCUT2D eigenvalue weighted by molar-refractivity contribution is -0.144. The fourth-order valence-electron chi connectivity index (χ4n) is 1.53. The van der Waals surface area contributed by atoms with Crippen LogP contribution >= 0.6 is 23.1 Å². The fourth-order valence-corrected chi connectivity index (χ4v) is 3.18. The summed E-state index contributed by atoms with van der Waals surface area (Å²) in [5.41, 5.74) is -0.807. The van der Waals surface area contributed by atoms with Crippen LogP contribution in [0.25, 0.3) is 0 Å². The highest BCUT2D eigenvalue weighted by Gasteiger charge is 2.31. The van der Waals surface area contributed by atoms with Crippen molar-refractivity contribution >= 4 is 29.1 Å². The van der Waals surface area contributed by atoms with Crippen molar-refractivity contribution < 1.29 is 9.90 Å². The molecule has 4 nitrogen and oxygen atoms in total. The number of thiazole rings is 1. The molecule has 96 valence electrons. The van der Waals surface area contributed by atoms with Crippen LogP contribution in [-0.2, 0) is 4.79 Å². The first-order chi connectivity index (χ1) is 8.08. The van der Waals surface area contributed by atoms with Gasteiger partial charge in [-0.15, -0.1) is 11.3 Å². The van der Waals surface area contributed by atoms with Crippen LogP contribution in [0.3, 0.4) is 0 Å². The smallest absolute Gasteiger partial charge is 0.323 e. The van der Waals surface area contributed by atoms with Gasteiger partial charge in [-0.3, -0.25) is 4.79 Å². The molecule has 0 bridgehead atoms. The Morgan fingerprint density at radius 2 is 2.47 bits per heavy atom. The quantitative estimate of drug-likeness (QED) is 0.563. The zero-order chi connectivity index (χ0) is 12.7. The van der Waals surface area contributed by atoms with Crippen LogP contribution in [0.2, 0.25) is 0 Å². The maximum Gasteiger partial charge on any atom is 0.323 e. The molecule has 1 unspecified atom stereocenters. The summed E-state index contributed by atoms with van der Waals surface area (Å²) < 4.78 is 1.05. The van der Waals surface area contributed by atoms with Crippen LogP contribution in [0.15, 0.2) is 15.9 Å². The molecule has 0 aliphatic rings. The highest BCUT2D eigenvalue weighted by Crippen LogP contribution is 2.23. The Morgan fingerprint density at radius 1 is 1.71 bits per heavy atom. The fraction of sp³-hybridized carbons (Fsp3) is 0.636. The lowest BCUT2D eigenvalue weighted by Gasteiger charge is -2.25. The number of aromatic nitrogens is 1. The Balaban J connectivity index is 2.30. The van der Waals surface area contributed by atoms with E-state index in [2.05, 4.69) is 10.3 Å². The number of hydrogen-bond acceptors (Lipinski definition) is 5. The molecule has 1 rings (SSSR count). The molecule has 0 saturated carbocycles. The number of nitrogens with one attached hydrogen (secondary N) is 1. The van der Waals surface area contributed by atoms with Crippen molar-refractivity contribution in [2.24, 2.45) is 0 Å². The Hall–Kier alpha value is -0.590. The van der Waals surface area contributed by atoms with Gasteiger partial charge < -0.3 is 10.4 Å². The van der Waals surface area contributed by atoms with E-state index in [9.17, 15) is 4.79 Å². The average Bonchev–Trinajstić information content (AvgIpc) is 2.77. The minimum atomic E-state index is -0.807. The van der Waals surface area contributed by atoms with Crippen molar-refractivity contribution in [2.45, 2.75) is 36.6 Å². The molecule has 1 aromatic rings. The minimum Gasteiger partial charge on any atom is -0.480 e. The average molecular weight is 274 g/mol. The largest absolute Gasteiger partial charge is 0.480 e. The van der Waals surface area contributed by atoms with E-state index in [0.29, 0.717) is 13.0 Å². The third kappa shape index (κ3) is 4.65. The zero-order valence-corrected chi connectivity index (χ0v) is 11.7. The van der Waals surface area contributed by atoms with Crippen molar-refractivity contribution in [2.75, 3.05) is 12.3 Å². The van der Waals surface area contributed by atoms with Gasteiger partial charge in [-0.1, -0.05) is 18.7 Å². The Bertz CT molecular complexity index is 343. The first-order valence-electron chi connectivity index (χ1n) is 5.59. The molecule has 0 radical (unpaired) electrons.